The summed E-state index contributed by atoms with van der Waals surface area (Å²) in [7, 11) is 0. The van der Waals surface area contributed by atoms with Crippen molar-refractivity contribution >= 4 is 5.78 Å². The zero-order chi connectivity index (χ0) is 13.1. The zero-order valence-corrected chi connectivity index (χ0v) is 9.77. The number of carbonyl (C=O) groups excluding carboxylic acids is 1. The normalized spacial score (nSPS) is 32.2. The van der Waals surface area contributed by atoms with Gasteiger partial charge >= 0.3 is 0 Å². The van der Waals surface area contributed by atoms with E-state index in [2.05, 4.69) is 0 Å². The highest BCUT2D eigenvalue weighted by Crippen LogP contribution is 2.23. The van der Waals surface area contributed by atoms with E-state index in [0.29, 0.717) is 5.56 Å². The molecule has 0 aromatic heterocycles. The number of ketones is 1. The monoisotopic (exact) mass is 252 g/mol. The number of aliphatic hydroxyl groups excluding tert-OH is 3. The van der Waals surface area contributed by atoms with Gasteiger partial charge in [0, 0.05) is 12.0 Å². The summed E-state index contributed by atoms with van der Waals surface area (Å²) in [4.78, 5) is 12.1. The van der Waals surface area contributed by atoms with Crippen LogP contribution in [0.4, 0.5) is 0 Å². The van der Waals surface area contributed by atoms with Gasteiger partial charge in [0.2, 0.25) is 0 Å². The molecule has 1 heterocycles. The van der Waals surface area contributed by atoms with E-state index < -0.39 is 31.0 Å². The van der Waals surface area contributed by atoms with Crippen LogP contribution in [0.2, 0.25) is 0 Å². The molecule has 5 nitrogen and oxygen atoms in total. The minimum atomic E-state index is -1.16. The summed E-state index contributed by atoms with van der Waals surface area (Å²) in [5.74, 6) is -0.250. The van der Waals surface area contributed by atoms with E-state index in [1.807, 2.05) is 0 Å². The summed E-state index contributed by atoms with van der Waals surface area (Å²) >= 11 is 0. The third-order valence-electron chi connectivity index (χ3n) is 3.10. The second kappa shape index (κ2) is 5.58. The van der Waals surface area contributed by atoms with E-state index in [0.717, 1.165) is 0 Å². The Bertz CT molecular complexity index is 405. The molecular formula is C13H16O5. The quantitative estimate of drug-likeness (QED) is 0.645. The number of hydrogen-bond donors (Lipinski definition) is 3. The van der Waals surface area contributed by atoms with Crippen LogP contribution in [0.25, 0.3) is 0 Å². The fourth-order valence-electron chi connectivity index (χ4n) is 2.06. The molecule has 1 aliphatic rings. The largest absolute Gasteiger partial charge is 0.394 e. The Morgan fingerprint density at radius 3 is 2.56 bits per heavy atom. The molecule has 0 amide bonds. The summed E-state index contributed by atoms with van der Waals surface area (Å²) in [6.07, 6.45) is -3.94. The van der Waals surface area contributed by atoms with Crippen LogP contribution < -0.4 is 0 Å². The Kier molecular flexibility index (Phi) is 4.08. The zero-order valence-electron chi connectivity index (χ0n) is 9.77. The van der Waals surface area contributed by atoms with Crippen molar-refractivity contribution in [1.29, 1.82) is 0 Å². The average Bonchev–Trinajstić information content (AvgIpc) is 2.42. The minimum Gasteiger partial charge on any atom is -0.394 e. The van der Waals surface area contributed by atoms with Crippen molar-refractivity contribution in [1.82, 2.24) is 0 Å². The van der Waals surface area contributed by atoms with Gasteiger partial charge in [-0.2, -0.15) is 0 Å². The molecular weight excluding hydrogens is 236 g/mol. The van der Waals surface area contributed by atoms with Gasteiger partial charge in [-0.15, -0.1) is 0 Å². The molecule has 1 aliphatic heterocycles. The second-order valence-electron chi connectivity index (χ2n) is 4.37. The maximum atomic E-state index is 12.1. The van der Waals surface area contributed by atoms with Gasteiger partial charge in [0.05, 0.1) is 12.7 Å². The molecule has 1 unspecified atom stereocenters. The first-order valence-electron chi connectivity index (χ1n) is 5.85. The van der Waals surface area contributed by atoms with Gasteiger partial charge in [0.15, 0.2) is 5.78 Å². The van der Waals surface area contributed by atoms with Crippen molar-refractivity contribution in [2.45, 2.75) is 30.8 Å². The van der Waals surface area contributed by atoms with E-state index in [1.54, 1.807) is 30.3 Å². The number of carbonyl (C=O) groups is 1. The Morgan fingerprint density at radius 2 is 1.94 bits per heavy atom. The van der Waals surface area contributed by atoms with Gasteiger partial charge in [-0.25, -0.2) is 0 Å². The Labute approximate surface area is 105 Å². The molecule has 2 rings (SSSR count). The number of benzene rings is 1. The lowest BCUT2D eigenvalue weighted by molar-refractivity contribution is -0.167. The van der Waals surface area contributed by atoms with Crippen LogP contribution in [-0.4, -0.2) is 52.1 Å². The molecule has 0 saturated carbocycles. The van der Waals surface area contributed by atoms with Crippen LogP contribution in [0.1, 0.15) is 16.8 Å². The Balaban J connectivity index is 2.12. The highest BCUT2D eigenvalue weighted by Gasteiger charge is 2.39. The van der Waals surface area contributed by atoms with Gasteiger partial charge < -0.3 is 20.1 Å². The second-order valence-corrected chi connectivity index (χ2v) is 4.37. The summed E-state index contributed by atoms with van der Waals surface area (Å²) in [5.41, 5.74) is 0.489. The molecule has 0 bridgehead atoms. The predicted octanol–water partition coefficient (Wildman–Crippen LogP) is -0.259. The van der Waals surface area contributed by atoms with Crippen molar-refractivity contribution < 1.29 is 24.9 Å². The van der Waals surface area contributed by atoms with E-state index >= 15 is 0 Å². The summed E-state index contributed by atoms with van der Waals surface area (Å²) in [6, 6.07) is 8.61. The maximum absolute atomic E-state index is 12.1. The van der Waals surface area contributed by atoms with Crippen molar-refractivity contribution in [2.24, 2.45) is 0 Å². The molecule has 18 heavy (non-hydrogen) atoms. The Hall–Kier alpha value is -1.27. The predicted molar refractivity (Wildman–Crippen MR) is 63.1 cm³/mol. The number of Topliss-reactive ketones (excluding diaryl/α,β-unsaturated/α-hetero) is 1. The van der Waals surface area contributed by atoms with Gasteiger partial charge in [-0.1, -0.05) is 30.3 Å². The molecule has 5 heteroatoms. The van der Waals surface area contributed by atoms with Gasteiger partial charge in [0.1, 0.15) is 18.3 Å². The number of rotatable bonds is 3. The van der Waals surface area contributed by atoms with Crippen LogP contribution in [0.3, 0.4) is 0 Å². The summed E-state index contributed by atoms with van der Waals surface area (Å²) in [6.45, 7) is -0.434. The highest BCUT2D eigenvalue weighted by molar-refractivity contribution is 5.99. The lowest BCUT2D eigenvalue weighted by atomic mass is 9.93. The summed E-state index contributed by atoms with van der Waals surface area (Å²) in [5, 5.41) is 28.3. The highest BCUT2D eigenvalue weighted by atomic mass is 16.5. The third kappa shape index (κ3) is 2.59. The van der Waals surface area contributed by atoms with E-state index in [4.69, 9.17) is 9.84 Å². The number of aliphatic hydroxyl groups is 3. The topological polar surface area (TPSA) is 87.0 Å². The minimum absolute atomic E-state index is 0.0331. The first-order valence-corrected chi connectivity index (χ1v) is 5.85. The molecule has 0 radical (unpaired) electrons. The van der Waals surface area contributed by atoms with Crippen LogP contribution in [0.15, 0.2) is 30.3 Å². The van der Waals surface area contributed by atoms with E-state index in [9.17, 15) is 15.0 Å². The smallest absolute Gasteiger partial charge is 0.191 e. The molecule has 1 saturated heterocycles. The van der Waals surface area contributed by atoms with Gasteiger partial charge in [0.25, 0.3) is 0 Å². The van der Waals surface area contributed by atoms with E-state index in [-0.39, 0.29) is 12.2 Å². The summed E-state index contributed by atoms with van der Waals surface area (Å²) < 4.78 is 5.32. The SMILES string of the molecule is O=C(c1ccccc1)[C@H]1C[C@@H](O)[C@H](O)C(CO)O1. The maximum Gasteiger partial charge on any atom is 0.191 e. The standard InChI is InChI=1S/C13H16O5/c14-7-11-13(17)9(15)6-10(18-11)12(16)8-4-2-1-3-5-8/h1-5,9-11,13-15,17H,6-7H2/t9-,10-,11?,13+/m1/s1. The lowest BCUT2D eigenvalue weighted by Gasteiger charge is -2.35. The van der Waals surface area contributed by atoms with Crippen molar-refractivity contribution in [2.75, 3.05) is 6.61 Å². The van der Waals surface area contributed by atoms with Crippen LogP contribution in [-0.2, 0) is 4.74 Å². The van der Waals surface area contributed by atoms with Gasteiger partial charge in [-0.05, 0) is 0 Å². The van der Waals surface area contributed by atoms with E-state index in [1.165, 1.54) is 0 Å². The van der Waals surface area contributed by atoms with Gasteiger partial charge in [-0.3, -0.25) is 4.79 Å². The first kappa shape index (κ1) is 13.2. The van der Waals surface area contributed by atoms with Crippen LogP contribution in [0.5, 0.6) is 0 Å². The van der Waals surface area contributed by atoms with Crippen molar-refractivity contribution in [3.05, 3.63) is 35.9 Å². The third-order valence-corrected chi connectivity index (χ3v) is 3.10. The molecule has 4 atom stereocenters. The number of ether oxygens (including phenoxy) is 1. The molecule has 0 spiro atoms. The molecule has 3 N–H and O–H groups in total. The molecule has 98 valence electrons. The molecule has 1 aromatic rings. The fourth-order valence-corrected chi connectivity index (χ4v) is 2.06. The Morgan fingerprint density at radius 1 is 1.28 bits per heavy atom. The van der Waals surface area contributed by atoms with Crippen LogP contribution in [0, 0.1) is 0 Å². The van der Waals surface area contributed by atoms with Crippen molar-refractivity contribution in [3.63, 3.8) is 0 Å². The molecule has 1 fully saturated rings. The van der Waals surface area contributed by atoms with Crippen molar-refractivity contribution in [3.8, 4) is 0 Å². The average molecular weight is 252 g/mol. The van der Waals surface area contributed by atoms with Crippen LogP contribution >= 0.6 is 0 Å². The first-order chi connectivity index (χ1) is 8.63. The molecule has 1 aromatic carbocycles. The number of hydrogen-bond acceptors (Lipinski definition) is 5. The fraction of sp³-hybridized carbons (Fsp3) is 0.462. The lowest BCUT2D eigenvalue weighted by Crippen LogP contribution is -2.51. The molecule has 0 aliphatic carbocycles.